The zero-order valence-electron chi connectivity index (χ0n) is 8.04. The second kappa shape index (κ2) is 3.65. The molecule has 82 valence electrons. The van der Waals surface area contributed by atoms with Crippen LogP contribution < -0.4 is 0 Å². The molecule has 0 radical (unpaired) electrons. The largest absolute Gasteiger partial charge is 0.381 e. The Balaban J connectivity index is 2.01. The smallest absolute Gasteiger partial charge is 0.233 e. The van der Waals surface area contributed by atoms with Crippen LogP contribution in [0.2, 0.25) is 0 Å². The van der Waals surface area contributed by atoms with Crippen molar-refractivity contribution in [3.05, 3.63) is 0 Å². The Bertz CT molecular complexity index is 302. The standard InChI is InChI=1S/C9H15ClO3S/c10-14(11,12)7-9(3-4-9)8-1-5-13-6-2-8/h8H,1-7H2. The Labute approximate surface area is 89.2 Å². The van der Waals surface area contributed by atoms with E-state index >= 15 is 0 Å². The van der Waals surface area contributed by atoms with E-state index in [0.29, 0.717) is 5.92 Å². The van der Waals surface area contributed by atoms with Gasteiger partial charge in [-0.3, -0.25) is 0 Å². The van der Waals surface area contributed by atoms with Gasteiger partial charge in [0.25, 0.3) is 0 Å². The molecule has 0 atom stereocenters. The highest BCUT2D eigenvalue weighted by atomic mass is 35.7. The molecule has 0 aromatic rings. The highest BCUT2D eigenvalue weighted by Crippen LogP contribution is 2.56. The summed E-state index contributed by atoms with van der Waals surface area (Å²) < 4.78 is 27.4. The third kappa shape index (κ3) is 2.41. The molecule has 1 saturated carbocycles. The predicted octanol–water partition coefficient (Wildman–Crippen LogP) is 1.76. The predicted molar refractivity (Wildman–Crippen MR) is 54.8 cm³/mol. The molecular formula is C9H15ClO3S. The molecule has 0 unspecified atom stereocenters. The topological polar surface area (TPSA) is 43.4 Å². The summed E-state index contributed by atoms with van der Waals surface area (Å²) in [6.07, 6.45) is 4.02. The summed E-state index contributed by atoms with van der Waals surface area (Å²) in [7, 11) is 1.98. The van der Waals surface area contributed by atoms with E-state index in [-0.39, 0.29) is 11.2 Å². The minimum Gasteiger partial charge on any atom is -0.381 e. The van der Waals surface area contributed by atoms with Crippen molar-refractivity contribution >= 4 is 19.7 Å². The first-order chi connectivity index (χ1) is 6.52. The maximum Gasteiger partial charge on any atom is 0.233 e. The first kappa shape index (κ1) is 10.7. The Morgan fingerprint density at radius 3 is 2.29 bits per heavy atom. The van der Waals surface area contributed by atoms with Gasteiger partial charge in [-0.05, 0) is 37.0 Å². The molecule has 3 nitrogen and oxygen atoms in total. The number of halogens is 1. The summed E-state index contributed by atoms with van der Waals surface area (Å²) >= 11 is 0. The van der Waals surface area contributed by atoms with E-state index in [2.05, 4.69) is 0 Å². The van der Waals surface area contributed by atoms with Crippen molar-refractivity contribution in [2.45, 2.75) is 25.7 Å². The van der Waals surface area contributed by atoms with E-state index in [9.17, 15) is 8.42 Å². The Morgan fingerprint density at radius 2 is 1.86 bits per heavy atom. The van der Waals surface area contributed by atoms with Gasteiger partial charge in [0.1, 0.15) is 0 Å². The van der Waals surface area contributed by atoms with Gasteiger partial charge in [-0.15, -0.1) is 0 Å². The quantitative estimate of drug-likeness (QED) is 0.704. The number of ether oxygens (including phenoxy) is 1. The maximum absolute atomic E-state index is 11.1. The van der Waals surface area contributed by atoms with E-state index < -0.39 is 9.05 Å². The van der Waals surface area contributed by atoms with Crippen LogP contribution in [0.4, 0.5) is 0 Å². The first-order valence-corrected chi connectivity index (χ1v) is 7.50. The van der Waals surface area contributed by atoms with E-state index in [1.54, 1.807) is 0 Å². The Morgan fingerprint density at radius 1 is 1.29 bits per heavy atom. The van der Waals surface area contributed by atoms with Crippen LogP contribution in [-0.2, 0) is 13.8 Å². The first-order valence-electron chi connectivity index (χ1n) is 5.02. The van der Waals surface area contributed by atoms with Crippen LogP contribution in [0.3, 0.4) is 0 Å². The van der Waals surface area contributed by atoms with Gasteiger partial charge in [0.15, 0.2) is 0 Å². The van der Waals surface area contributed by atoms with Crippen molar-refractivity contribution in [1.82, 2.24) is 0 Å². The Kier molecular flexibility index (Phi) is 2.79. The zero-order chi connectivity index (χ0) is 10.2. The molecule has 0 aromatic carbocycles. The average Bonchev–Trinajstić information content (AvgIpc) is 2.85. The van der Waals surface area contributed by atoms with Crippen molar-refractivity contribution in [2.75, 3.05) is 19.0 Å². The summed E-state index contributed by atoms with van der Waals surface area (Å²) in [5.41, 5.74) is 0.00433. The van der Waals surface area contributed by atoms with E-state index in [0.717, 1.165) is 38.9 Å². The minimum absolute atomic E-state index is 0.00433. The fourth-order valence-electron chi connectivity index (χ4n) is 2.48. The lowest BCUT2D eigenvalue weighted by molar-refractivity contribution is 0.0451. The second-order valence-corrected chi connectivity index (χ2v) is 7.21. The normalized spacial score (nSPS) is 27.5. The highest BCUT2D eigenvalue weighted by Gasteiger charge is 2.51. The van der Waals surface area contributed by atoms with Crippen LogP contribution in [0.5, 0.6) is 0 Å². The van der Waals surface area contributed by atoms with Crippen LogP contribution in [0.25, 0.3) is 0 Å². The van der Waals surface area contributed by atoms with Crippen LogP contribution in [0, 0.1) is 11.3 Å². The van der Waals surface area contributed by atoms with Gasteiger partial charge in [-0.25, -0.2) is 8.42 Å². The SMILES string of the molecule is O=S(=O)(Cl)CC1(C2CCOCC2)CC1. The molecule has 0 aromatic heterocycles. The molecule has 0 amide bonds. The lowest BCUT2D eigenvalue weighted by Crippen LogP contribution is -2.28. The fraction of sp³-hybridized carbons (Fsp3) is 1.00. The van der Waals surface area contributed by atoms with Crippen molar-refractivity contribution in [1.29, 1.82) is 0 Å². The molecule has 0 N–H and O–H groups in total. The average molecular weight is 239 g/mol. The molecule has 5 heteroatoms. The number of hydrogen-bond donors (Lipinski definition) is 0. The van der Waals surface area contributed by atoms with Gasteiger partial charge in [0.2, 0.25) is 9.05 Å². The molecule has 2 rings (SSSR count). The Hall–Kier alpha value is 0.200. The lowest BCUT2D eigenvalue weighted by Gasteiger charge is -2.29. The third-order valence-electron chi connectivity index (χ3n) is 3.44. The summed E-state index contributed by atoms with van der Waals surface area (Å²) in [5.74, 6) is 0.663. The number of hydrogen-bond acceptors (Lipinski definition) is 3. The van der Waals surface area contributed by atoms with Crippen molar-refractivity contribution in [3.8, 4) is 0 Å². The third-order valence-corrected chi connectivity index (χ3v) is 4.69. The van der Waals surface area contributed by atoms with Crippen molar-refractivity contribution in [2.24, 2.45) is 11.3 Å². The summed E-state index contributed by atoms with van der Waals surface area (Å²) in [6, 6.07) is 0. The monoisotopic (exact) mass is 238 g/mol. The minimum atomic E-state index is -3.34. The van der Waals surface area contributed by atoms with Gasteiger partial charge in [0, 0.05) is 23.9 Å². The van der Waals surface area contributed by atoms with Gasteiger partial charge in [-0.1, -0.05) is 0 Å². The molecule has 1 heterocycles. The van der Waals surface area contributed by atoms with E-state index in [1.807, 2.05) is 0 Å². The summed E-state index contributed by atoms with van der Waals surface area (Å²) in [4.78, 5) is 0. The molecule has 1 aliphatic heterocycles. The van der Waals surface area contributed by atoms with Crippen LogP contribution >= 0.6 is 10.7 Å². The molecule has 1 aliphatic carbocycles. The molecule has 14 heavy (non-hydrogen) atoms. The molecule has 1 saturated heterocycles. The van der Waals surface area contributed by atoms with Crippen LogP contribution in [-0.4, -0.2) is 27.4 Å². The van der Waals surface area contributed by atoms with Gasteiger partial charge in [0.05, 0.1) is 5.75 Å². The van der Waals surface area contributed by atoms with Crippen LogP contribution in [0.15, 0.2) is 0 Å². The second-order valence-electron chi connectivity index (χ2n) is 4.43. The van der Waals surface area contributed by atoms with Crippen molar-refractivity contribution in [3.63, 3.8) is 0 Å². The number of rotatable bonds is 3. The van der Waals surface area contributed by atoms with E-state index in [1.165, 1.54) is 0 Å². The molecule has 0 bridgehead atoms. The fourth-order valence-corrected chi connectivity index (χ4v) is 4.35. The zero-order valence-corrected chi connectivity index (χ0v) is 9.61. The van der Waals surface area contributed by atoms with Gasteiger partial charge < -0.3 is 4.74 Å². The van der Waals surface area contributed by atoms with Crippen molar-refractivity contribution < 1.29 is 13.2 Å². The molecule has 2 fully saturated rings. The summed E-state index contributed by atoms with van der Waals surface area (Å²) in [6.45, 7) is 1.55. The summed E-state index contributed by atoms with van der Waals surface area (Å²) in [5, 5.41) is 0. The molecular weight excluding hydrogens is 224 g/mol. The maximum atomic E-state index is 11.1. The lowest BCUT2D eigenvalue weighted by atomic mass is 9.84. The van der Waals surface area contributed by atoms with E-state index in [4.69, 9.17) is 15.4 Å². The van der Waals surface area contributed by atoms with Crippen LogP contribution in [0.1, 0.15) is 25.7 Å². The molecule has 0 spiro atoms. The van der Waals surface area contributed by atoms with Gasteiger partial charge in [-0.2, -0.15) is 0 Å². The highest BCUT2D eigenvalue weighted by molar-refractivity contribution is 8.13. The van der Waals surface area contributed by atoms with Gasteiger partial charge >= 0.3 is 0 Å². The molecule has 2 aliphatic rings.